The van der Waals surface area contributed by atoms with Gasteiger partial charge in [-0.2, -0.15) is 5.10 Å². The molecule has 152 valence electrons. The summed E-state index contributed by atoms with van der Waals surface area (Å²) in [6.45, 7) is 9.27. The fraction of sp³-hybridized carbons (Fsp3) is 0.318. The highest BCUT2D eigenvalue weighted by atomic mass is 19.1. The van der Waals surface area contributed by atoms with Gasteiger partial charge < -0.3 is 4.90 Å². The Morgan fingerprint density at radius 2 is 1.97 bits per heavy atom. The molecule has 0 fully saturated rings. The minimum Gasteiger partial charge on any atom is -0.362 e. The Morgan fingerprint density at radius 1 is 1.28 bits per heavy atom. The molecule has 2 aromatic carbocycles. The highest BCUT2D eigenvalue weighted by molar-refractivity contribution is 5.88. The zero-order chi connectivity index (χ0) is 21.2. The van der Waals surface area contributed by atoms with Gasteiger partial charge in [0.15, 0.2) is 0 Å². The summed E-state index contributed by atoms with van der Waals surface area (Å²) in [6, 6.07) is 9.27. The number of benzene rings is 2. The molecule has 1 heterocycles. The van der Waals surface area contributed by atoms with Crippen LogP contribution in [0, 0.1) is 15.9 Å². The van der Waals surface area contributed by atoms with Gasteiger partial charge in [0, 0.05) is 35.5 Å². The van der Waals surface area contributed by atoms with Crippen molar-refractivity contribution in [2.45, 2.75) is 39.7 Å². The Labute approximate surface area is 169 Å². The van der Waals surface area contributed by atoms with Crippen molar-refractivity contribution in [2.75, 3.05) is 16.9 Å². The van der Waals surface area contributed by atoms with Gasteiger partial charge >= 0.3 is 0 Å². The van der Waals surface area contributed by atoms with Gasteiger partial charge in [-0.25, -0.2) is 4.39 Å². The van der Waals surface area contributed by atoms with E-state index in [1.54, 1.807) is 18.2 Å². The second-order valence-corrected chi connectivity index (χ2v) is 7.70. The molecule has 0 amide bonds. The second-order valence-electron chi connectivity index (χ2n) is 7.70. The fourth-order valence-electron chi connectivity index (χ4n) is 3.68. The third-order valence-electron chi connectivity index (χ3n) is 5.02. The minimum absolute atomic E-state index is 0.00193. The molecular formula is C22H25FN4O2. The van der Waals surface area contributed by atoms with Gasteiger partial charge in [-0.05, 0) is 57.0 Å². The number of fused-ring (bicyclic) bond motifs is 1. The highest BCUT2D eigenvalue weighted by Gasteiger charge is 2.31. The van der Waals surface area contributed by atoms with Crippen molar-refractivity contribution in [3.63, 3.8) is 0 Å². The van der Waals surface area contributed by atoms with Crippen molar-refractivity contribution in [3.8, 4) is 0 Å². The number of nitrogens with one attached hydrogen (secondary N) is 1. The molecule has 7 heteroatoms. The molecule has 1 aliphatic heterocycles. The van der Waals surface area contributed by atoms with Crippen molar-refractivity contribution < 1.29 is 9.31 Å². The third kappa shape index (κ3) is 4.29. The summed E-state index contributed by atoms with van der Waals surface area (Å²) in [6.07, 6.45) is 4.60. The van der Waals surface area contributed by atoms with Gasteiger partial charge in [0.05, 0.1) is 22.4 Å². The molecule has 1 aliphatic rings. The van der Waals surface area contributed by atoms with E-state index in [9.17, 15) is 14.5 Å². The normalized spacial score (nSPS) is 15.2. The molecule has 0 saturated carbocycles. The first kappa shape index (κ1) is 20.5. The molecule has 3 rings (SSSR count). The lowest BCUT2D eigenvalue weighted by molar-refractivity contribution is -0.384. The van der Waals surface area contributed by atoms with Crippen LogP contribution in [-0.4, -0.2) is 23.2 Å². The van der Waals surface area contributed by atoms with E-state index in [0.717, 1.165) is 29.8 Å². The molecular weight excluding hydrogens is 371 g/mol. The lowest BCUT2D eigenvalue weighted by atomic mass is 9.88. The standard InChI is InChI=1S/C22H25FN4O2/c1-5-10-26-21-12-20(23)16(11-19(21)15(2)13-22(26,3)4)14-24-25-17-6-8-18(9-7-17)27(28)29/h6-9,11-14,25H,5,10H2,1-4H3/b24-14-. The van der Waals surface area contributed by atoms with Crippen molar-refractivity contribution in [1.82, 2.24) is 0 Å². The van der Waals surface area contributed by atoms with E-state index in [1.807, 2.05) is 13.0 Å². The maximum absolute atomic E-state index is 14.8. The van der Waals surface area contributed by atoms with Crippen molar-refractivity contribution >= 4 is 28.8 Å². The van der Waals surface area contributed by atoms with Crippen LogP contribution in [0.1, 0.15) is 45.2 Å². The van der Waals surface area contributed by atoms with Crippen LogP contribution in [-0.2, 0) is 0 Å². The first-order chi connectivity index (χ1) is 13.7. The van der Waals surface area contributed by atoms with Crippen LogP contribution in [0.4, 0.5) is 21.5 Å². The smallest absolute Gasteiger partial charge is 0.269 e. The van der Waals surface area contributed by atoms with Gasteiger partial charge in [0.25, 0.3) is 5.69 Å². The van der Waals surface area contributed by atoms with Crippen LogP contribution in [0.5, 0.6) is 0 Å². The van der Waals surface area contributed by atoms with Crippen LogP contribution >= 0.6 is 0 Å². The number of nitro groups is 1. The summed E-state index contributed by atoms with van der Waals surface area (Å²) in [7, 11) is 0. The quantitative estimate of drug-likeness (QED) is 0.392. The maximum Gasteiger partial charge on any atom is 0.269 e. The van der Waals surface area contributed by atoms with Gasteiger partial charge in [-0.1, -0.05) is 13.0 Å². The molecule has 2 aromatic rings. The van der Waals surface area contributed by atoms with E-state index in [4.69, 9.17) is 0 Å². The van der Waals surface area contributed by atoms with Gasteiger partial charge in [-0.15, -0.1) is 0 Å². The van der Waals surface area contributed by atoms with Crippen LogP contribution in [0.25, 0.3) is 5.57 Å². The fourth-order valence-corrected chi connectivity index (χ4v) is 3.68. The molecule has 0 radical (unpaired) electrons. The first-order valence-electron chi connectivity index (χ1n) is 9.57. The maximum atomic E-state index is 14.8. The lowest BCUT2D eigenvalue weighted by Gasteiger charge is -2.43. The molecule has 0 unspecified atom stereocenters. The predicted molar refractivity (Wildman–Crippen MR) is 116 cm³/mol. The average molecular weight is 396 g/mol. The number of hydrazone groups is 1. The third-order valence-corrected chi connectivity index (χ3v) is 5.02. The average Bonchev–Trinajstić information content (AvgIpc) is 2.66. The van der Waals surface area contributed by atoms with E-state index < -0.39 is 4.92 Å². The van der Waals surface area contributed by atoms with Crippen LogP contribution in [0.15, 0.2) is 47.6 Å². The Balaban J connectivity index is 1.85. The van der Waals surface area contributed by atoms with Crippen LogP contribution in [0.2, 0.25) is 0 Å². The van der Waals surface area contributed by atoms with E-state index in [-0.39, 0.29) is 17.0 Å². The molecule has 0 spiro atoms. The number of anilines is 2. The van der Waals surface area contributed by atoms with Crippen LogP contribution < -0.4 is 10.3 Å². The van der Waals surface area contributed by atoms with Gasteiger partial charge in [0.2, 0.25) is 0 Å². The largest absolute Gasteiger partial charge is 0.362 e. The van der Waals surface area contributed by atoms with Crippen LogP contribution in [0.3, 0.4) is 0 Å². The zero-order valence-corrected chi connectivity index (χ0v) is 17.1. The number of rotatable bonds is 6. The Bertz CT molecular complexity index is 981. The summed E-state index contributed by atoms with van der Waals surface area (Å²) in [5, 5.41) is 14.8. The van der Waals surface area contributed by atoms with E-state index >= 15 is 0 Å². The number of non-ortho nitro benzene ring substituents is 1. The topological polar surface area (TPSA) is 70.8 Å². The predicted octanol–water partition coefficient (Wildman–Crippen LogP) is 5.59. The Kier molecular flexibility index (Phi) is 5.68. The number of allylic oxidation sites excluding steroid dienone is 1. The first-order valence-corrected chi connectivity index (χ1v) is 9.57. The minimum atomic E-state index is -0.464. The highest BCUT2D eigenvalue weighted by Crippen LogP contribution is 2.40. The van der Waals surface area contributed by atoms with Crippen molar-refractivity contribution in [1.29, 1.82) is 0 Å². The molecule has 0 atom stereocenters. The summed E-state index contributed by atoms with van der Waals surface area (Å²) >= 11 is 0. The number of hydrogen-bond acceptors (Lipinski definition) is 5. The molecule has 1 N–H and O–H groups in total. The second kappa shape index (κ2) is 8.03. The number of hydrogen-bond donors (Lipinski definition) is 1. The van der Waals surface area contributed by atoms with Gasteiger partial charge in [0.1, 0.15) is 5.82 Å². The van der Waals surface area contributed by atoms with E-state index in [0.29, 0.717) is 11.3 Å². The van der Waals surface area contributed by atoms with Crippen molar-refractivity contribution in [3.05, 3.63) is 69.5 Å². The lowest BCUT2D eigenvalue weighted by Crippen LogP contribution is -2.45. The molecule has 0 bridgehead atoms. The Hall–Kier alpha value is -3.22. The van der Waals surface area contributed by atoms with Gasteiger partial charge in [-0.3, -0.25) is 15.5 Å². The summed E-state index contributed by atoms with van der Waals surface area (Å²) in [5.74, 6) is -0.343. The zero-order valence-electron chi connectivity index (χ0n) is 17.1. The molecule has 0 aromatic heterocycles. The summed E-state index contributed by atoms with van der Waals surface area (Å²) in [5.41, 5.74) is 6.56. The summed E-state index contributed by atoms with van der Waals surface area (Å²) < 4.78 is 14.8. The Morgan fingerprint density at radius 3 is 2.59 bits per heavy atom. The monoisotopic (exact) mass is 396 g/mol. The number of nitrogens with zero attached hydrogens (tertiary/aromatic N) is 3. The molecule has 6 nitrogen and oxygen atoms in total. The summed E-state index contributed by atoms with van der Waals surface area (Å²) in [4.78, 5) is 12.5. The molecule has 0 saturated heterocycles. The SMILES string of the molecule is CCCN1c2cc(F)c(/C=N\Nc3ccc([N+](=O)[O-])cc3)cc2C(C)=CC1(C)C. The number of nitro benzene ring substituents is 1. The number of halogens is 1. The van der Waals surface area contributed by atoms with E-state index in [1.165, 1.54) is 18.3 Å². The molecule has 29 heavy (non-hydrogen) atoms. The van der Waals surface area contributed by atoms with Crippen molar-refractivity contribution in [2.24, 2.45) is 5.10 Å². The van der Waals surface area contributed by atoms with E-state index in [2.05, 4.69) is 42.3 Å². The molecule has 0 aliphatic carbocycles.